The standard InChI is InChI=1S/C21H14ClFN4O/c22-19-11-15(9-10-24-19)21(28)25-20-13-18(14-5-2-1-3-6-14)26-27(20)17-8-4-7-16(23)12-17/h1-13H,(H,25,28). The molecule has 2 aromatic carbocycles. The van der Waals surface area contributed by atoms with Gasteiger partial charge in [0, 0.05) is 23.4 Å². The number of nitrogens with zero attached hydrogens (tertiary/aromatic N) is 3. The van der Waals surface area contributed by atoms with Crippen molar-refractivity contribution in [3.05, 3.63) is 95.5 Å². The fourth-order valence-corrected chi connectivity index (χ4v) is 2.93. The largest absolute Gasteiger partial charge is 0.306 e. The van der Waals surface area contributed by atoms with Crippen molar-refractivity contribution in [3.8, 4) is 16.9 Å². The molecule has 0 aliphatic rings. The molecule has 4 rings (SSSR count). The zero-order valence-electron chi connectivity index (χ0n) is 14.5. The molecule has 0 fully saturated rings. The monoisotopic (exact) mass is 392 g/mol. The second-order valence-corrected chi connectivity index (χ2v) is 6.38. The molecule has 1 N–H and O–H groups in total. The number of halogens is 2. The third kappa shape index (κ3) is 3.77. The molecule has 2 heterocycles. The first-order valence-corrected chi connectivity index (χ1v) is 8.82. The van der Waals surface area contributed by atoms with E-state index < -0.39 is 5.82 Å². The number of carbonyl (C=O) groups is 1. The third-order valence-corrected chi connectivity index (χ3v) is 4.27. The molecule has 0 saturated heterocycles. The summed E-state index contributed by atoms with van der Waals surface area (Å²) < 4.78 is 15.2. The van der Waals surface area contributed by atoms with Gasteiger partial charge in [-0.15, -0.1) is 0 Å². The van der Waals surface area contributed by atoms with E-state index in [9.17, 15) is 9.18 Å². The number of aromatic nitrogens is 3. The number of rotatable bonds is 4. The molecule has 0 saturated carbocycles. The van der Waals surface area contributed by atoms with Crippen LogP contribution in [0.5, 0.6) is 0 Å². The van der Waals surface area contributed by atoms with E-state index in [1.807, 2.05) is 30.3 Å². The van der Waals surface area contributed by atoms with Crippen molar-refractivity contribution in [1.29, 1.82) is 0 Å². The number of amides is 1. The number of hydrogen-bond donors (Lipinski definition) is 1. The highest BCUT2D eigenvalue weighted by Gasteiger charge is 2.15. The minimum Gasteiger partial charge on any atom is -0.306 e. The quantitative estimate of drug-likeness (QED) is 0.498. The molecule has 1 amide bonds. The zero-order valence-corrected chi connectivity index (χ0v) is 15.3. The fourth-order valence-electron chi connectivity index (χ4n) is 2.76. The van der Waals surface area contributed by atoms with Crippen LogP contribution in [0.3, 0.4) is 0 Å². The van der Waals surface area contributed by atoms with Crippen molar-refractivity contribution < 1.29 is 9.18 Å². The maximum Gasteiger partial charge on any atom is 0.256 e. The molecule has 0 radical (unpaired) electrons. The summed E-state index contributed by atoms with van der Waals surface area (Å²) in [7, 11) is 0. The molecule has 0 unspecified atom stereocenters. The lowest BCUT2D eigenvalue weighted by molar-refractivity contribution is 0.102. The number of anilines is 1. The number of benzene rings is 2. The van der Waals surface area contributed by atoms with Crippen LogP contribution < -0.4 is 5.32 Å². The third-order valence-electron chi connectivity index (χ3n) is 4.06. The van der Waals surface area contributed by atoms with E-state index in [0.717, 1.165) is 5.56 Å². The predicted octanol–water partition coefficient (Wildman–Crippen LogP) is 4.98. The molecule has 4 aromatic rings. The van der Waals surface area contributed by atoms with E-state index in [1.54, 1.807) is 24.3 Å². The van der Waals surface area contributed by atoms with E-state index in [-0.39, 0.29) is 11.1 Å². The Morgan fingerprint density at radius 2 is 1.82 bits per heavy atom. The van der Waals surface area contributed by atoms with Crippen molar-refractivity contribution in [2.75, 3.05) is 5.32 Å². The first-order valence-electron chi connectivity index (χ1n) is 8.44. The van der Waals surface area contributed by atoms with Crippen LogP contribution in [0.15, 0.2) is 79.0 Å². The Balaban J connectivity index is 1.76. The minimum absolute atomic E-state index is 0.219. The predicted molar refractivity (Wildman–Crippen MR) is 106 cm³/mol. The molecule has 2 aromatic heterocycles. The van der Waals surface area contributed by atoms with Gasteiger partial charge >= 0.3 is 0 Å². The molecule has 0 atom stereocenters. The lowest BCUT2D eigenvalue weighted by atomic mass is 10.1. The molecule has 28 heavy (non-hydrogen) atoms. The van der Waals surface area contributed by atoms with E-state index in [4.69, 9.17) is 11.6 Å². The maximum absolute atomic E-state index is 13.7. The average Bonchev–Trinajstić information content (AvgIpc) is 3.12. The Morgan fingerprint density at radius 3 is 2.57 bits per heavy atom. The van der Waals surface area contributed by atoms with E-state index in [1.165, 1.54) is 29.1 Å². The second kappa shape index (κ2) is 7.62. The number of carbonyl (C=O) groups excluding carboxylic acids is 1. The Bertz CT molecular complexity index is 1140. The average molecular weight is 393 g/mol. The Morgan fingerprint density at radius 1 is 1.00 bits per heavy atom. The Kier molecular flexibility index (Phi) is 4.87. The summed E-state index contributed by atoms with van der Waals surface area (Å²) in [6, 6.07) is 20.3. The van der Waals surface area contributed by atoms with Gasteiger partial charge in [0.2, 0.25) is 0 Å². The smallest absolute Gasteiger partial charge is 0.256 e. The molecular formula is C21H14ClFN4O. The highest BCUT2D eigenvalue weighted by Crippen LogP contribution is 2.25. The van der Waals surface area contributed by atoms with Gasteiger partial charge < -0.3 is 5.32 Å². The molecule has 138 valence electrons. The van der Waals surface area contributed by atoms with Crippen molar-refractivity contribution >= 4 is 23.3 Å². The van der Waals surface area contributed by atoms with E-state index >= 15 is 0 Å². The van der Waals surface area contributed by atoms with Crippen LogP contribution in [0.2, 0.25) is 5.15 Å². The van der Waals surface area contributed by atoms with Gasteiger partial charge in [0.1, 0.15) is 16.8 Å². The maximum atomic E-state index is 13.7. The van der Waals surface area contributed by atoms with Gasteiger partial charge in [0.15, 0.2) is 0 Å². The van der Waals surface area contributed by atoms with Crippen LogP contribution in [0.25, 0.3) is 16.9 Å². The van der Waals surface area contributed by atoms with Gasteiger partial charge in [-0.25, -0.2) is 14.1 Å². The lowest BCUT2D eigenvalue weighted by Crippen LogP contribution is -2.15. The molecule has 5 nitrogen and oxygen atoms in total. The minimum atomic E-state index is -0.396. The lowest BCUT2D eigenvalue weighted by Gasteiger charge is -2.09. The normalized spacial score (nSPS) is 10.6. The van der Waals surface area contributed by atoms with Crippen molar-refractivity contribution in [1.82, 2.24) is 14.8 Å². The molecule has 0 aliphatic carbocycles. The fraction of sp³-hybridized carbons (Fsp3) is 0. The Hall–Kier alpha value is -3.51. The summed E-state index contributed by atoms with van der Waals surface area (Å²) >= 11 is 5.87. The first kappa shape index (κ1) is 17.9. The first-order chi connectivity index (χ1) is 13.6. The number of nitrogens with one attached hydrogen (secondary N) is 1. The van der Waals surface area contributed by atoms with Crippen LogP contribution in [0.1, 0.15) is 10.4 Å². The summed E-state index contributed by atoms with van der Waals surface area (Å²) in [6.45, 7) is 0. The summed E-state index contributed by atoms with van der Waals surface area (Å²) in [5.74, 6) is -0.365. The summed E-state index contributed by atoms with van der Waals surface area (Å²) in [5.41, 5.74) is 2.37. The summed E-state index contributed by atoms with van der Waals surface area (Å²) in [5, 5.41) is 7.59. The molecule has 0 bridgehead atoms. The van der Waals surface area contributed by atoms with Crippen LogP contribution >= 0.6 is 11.6 Å². The van der Waals surface area contributed by atoms with Crippen LogP contribution in [-0.2, 0) is 0 Å². The van der Waals surface area contributed by atoms with Crippen LogP contribution in [0.4, 0.5) is 10.2 Å². The van der Waals surface area contributed by atoms with Gasteiger partial charge in [-0.2, -0.15) is 5.10 Å². The second-order valence-electron chi connectivity index (χ2n) is 5.99. The van der Waals surface area contributed by atoms with Crippen LogP contribution in [-0.4, -0.2) is 20.7 Å². The summed E-state index contributed by atoms with van der Waals surface area (Å²) in [4.78, 5) is 16.5. The summed E-state index contributed by atoms with van der Waals surface area (Å²) in [6.07, 6.45) is 1.45. The highest BCUT2D eigenvalue weighted by molar-refractivity contribution is 6.29. The van der Waals surface area contributed by atoms with Crippen molar-refractivity contribution in [2.24, 2.45) is 0 Å². The van der Waals surface area contributed by atoms with Gasteiger partial charge in [0.05, 0.1) is 11.4 Å². The van der Waals surface area contributed by atoms with Gasteiger partial charge in [0.25, 0.3) is 5.91 Å². The highest BCUT2D eigenvalue weighted by atomic mass is 35.5. The number of hydrogen-bond acceptors (Lipinski definition) is 3. The Labute approximate surface area is 165 Å². The van der Waals surface area contributed by atoms with Gasteiger partial charge in [-0.05, 0) is 30.3 Å². The molecule has 7 heteroatoms. The van der Waals surface area contributed by atoms with Crippen LogP contribution in [0, 0.1) is 5.82 Å². The molecule has 0 aliphatic heterocycles. The van der Waals surface area contributed by atoms with Crippen molar-refractivity contribution in [3.63, 3.8) is 0 Å². The number of pyridine rings is 1. The molecular weight excluding hydrogens is 379 g/mol. The zero-order chi connectivity index (χ0) is 19.5. The van der Waals surface area contributed by atoms with Gasteiger partial charge in [-0.3, -0.25) is 4.79 Å². The topological polar surface area (TPSA) is 59.8 Å². The van der Waals surface area contributed by atoms with E-state index in [0.29, 0.717) is 22.8 Å². The SMILES string of the molecule is O=C(Nc1cc(-c2ccccc2)nn1-c1cccc(F)c1)c1ccnc(Cl)c1. The molecule has 0 spiro atoms. The van der Waals surface area contributed by atoms with Gasteiger partial charge in [-0.1, -0.05) is 48.0 Å². The van der Waals surface area contributed by atoms with E-state index in [2.05, 4.69) is 15.4 Å². The van der Waals surface area contributed by atoms with Crippen molar-refractivity contribution in [2.45, 2.75) is 0 Å².